The molecule has 26 heavy (non-hydrogen) atoms. The van der Waals surface area contributed by atoms with Crippen molar-refractivity contribution >= 4 is 39.7 Å². The third-order valence-electron chi connectivity index (χ3n) is 3.42. The summed E-state index contributed by atoms with van der Waals surface area (Å²) in [7, 11) is 0. The second-order valence-corrected chi connectivity index (χ2v) is 6.84. The number of aromatic nitrogens is 2. The van der Waals surface area contributed by atoms with Crippen LogP contribution in [0.25, 0.3) is 0 Å². The Morgan fingerprint density at radius 2 is 2.08 bits per heavy atom. The lowest BCUT2D eigenvalue weighted by atomic mass is 10.2. The Kier molecular flexibility index (Phi) is 5.85. The van der Waals surface area contributed by atoms with E-state index in [2.05, 4.69) is 26.3 Å². The molecule has 0 aliphatic carbocycles. The molecule has 0 saturated carbocycles. The molecule has 1 aromatic heterocycles. The lowest BCUT2D eigenvalue weighted by molar-refractivity contribution is -0.117. The zero-order valence-electron chi connectivity index (χ0n) is 13.9. The molecule has 0 radical (unpaired) electrons. The van der Waals surface area contributed by atoms with Crippen molar-refractivity contribution in [1.29, 1.82) is 0 Å². The van der Waals surface area contributed by atoms with Crippen molar-refractivity contribution in [2.75, 3.05) is 5.32 Å². The van der Waals surface area contributed by atoms with Gasteiger partial charge < -0.3 is 14.5 Å². The van der Waals surface area contributed by atoms with Crippen LogP contribution in [0.4, 0.5) is 5.69 Å². The first-order valence-corrected chi connectivity index (χ1v) is 9.01. The van der Waals surface area contributed by atoms with Crippen molar-refractivity contribution in [1.82, 2.24) is 9.78 Å². The molecule has 0 fully saturated rings. The fourth-order valence-electron chi connectivity index (χ4n) is 2.23. The molecule has 1 heterocycles. The maximum atomic E-state index is 12.1. The van der Waals surface area contributed by atoms with Crippen LogP contribution in [0.3, 0.4) is 0 Å². The van der Waals surface area contributed by atoms with Crippen molar-refractivity contribution in [3.05, 3.63) is 69.3 Å². The number of ether oxygens (including phenoxy) is 1. The highest BCUT2D eigenvalue weighted by Crippen LogP contribution is 2.15. The van der Waals surface area contributed by atoms with Gasteiger partial charge in [-0.25, -0.2) is 4.68 Å². The molecule has 0 aliphatic heterocycles. The fraction of sp³-hybridized carbons (Fsp3) is 0.167. The molecule has 1 amide bonds. The second kappa shape index (κ2) is 8.29. The zero-order valence-corrected chi connectivity index (χ0v) is 16.3. The summed E-state index contributed by atoms with van der Waals surface area (Å²) in [5.41, 5.74) is 1.79. The van der Waals surface area contributed by atoms with E-state index in [0.29, 0.717) is 17.3 Å². The highest BCUT2D eigenvalue weighted by atomic mass is 79.9. The van der Waals surface area contributed by atoms with E-state index in [1.165, 1.54) is 4.68 Å². The first-order chi connectivity index (χ1) is 12.5. The van der Waals surface area contributed by atoms with Crippen molar-refractivity contribution in [2.24, 2.45) is 0 Å². The highest BCUT2D eigenvalue weighted by molar-refractivity contribution is 9.10. The number of anilines is 1. The van der Waals surface area contributed by atoms with E-state index >= 15 is 0 Å². The summed E-state index contributed by atoms with van der Waals surface area (Å²) in [5, 5.41) is 6.97. The number of aryl methyl sites for hydroxylation is 1. The maximum absolute atomic E-state index is 12.1. The Hall–Kier alpha value is -2.45. The highest BCUT2D eigenvalue weighted by Gasteiger charge is 2.11. The number of amides is 1. The monoisotopic (exact) mass is 433 g/mol. The molecule has 6 nitrogen and oxygen atoms in total. The van der Waals surface area contributed by atoms with Gasteiger partial charge >= 0.3 is 0 Å². The van der Waals surface area contributed by atoms with E-state index in [4.69, 9.17) is 21.4 Å². The number of halogens is 1. The van der Waals surface area contributed by atoms with Crippen molar-refractivity contribution in [3.63, 3.8) is 0 Å². The van der Waals surface area contributed by atoms with Crippen LogP contribution in [0.2, 0.25) is 0 Å². The standard InChI is InChI=1S/C18H16BrN3O3S/c1-12-3-2-4-15(9-12)24-11-17-21-22(18(26)25-17)10-16(23)20-14-7-5-13(19)6-8-14/h2-9H,10-11H2,1H3,(H,20,23). The Morgan fingerprint density at radius 1 is 1.31 bits per heavy atom. The Morgan fingerprint density at radius 3 is 2.81 bits per heavy atom. The van der Waals surface area contributed by atoms with E-state index in [1.54, 1.807) is 12.1 Å². The van der Waals surface area contributed by atoms with E-state index < -0.39 is 0 Å². The van der Waals surface area contributed by atoms with Crippen molar-refractivity contribution < 1.29 is 13.9 Å². The molecule has 3 rings (SSSR count). The molecular weight excluding hydrogens is 418 g/mol. The molecule has 0 saturated heterocycles. The normalized spacial score (nSPS) is 10.5. The molecule has 0 aliphatic rings. The van der Waals surface area contributed by atoms with Gasteiger partial charge in [-0.3, -0.25) is 4.79 Å². The van der Waals surface area contributed by atoms with Gasteiger partial charge in [-0.1, -0.05) is 28.1 Å². The minimum Gasteiger partial charge on any atom is -0.484 e. The van der Waals surface area contributed by atoms with Gasteiger partial charge in [0, 0.05) is 10.2 Å². The van der Waals surface area contributed by atoms with Crippen LogP contribution in [-0.2, 0) is 17.9 Å². The number of benzene rings is 2. The van der Waals surface area contributed by atoms with E-state index in [1.807, 2.05) is 43.3 Å². The SMILES string of the molecule is Cc1cccc(OCc2nn(CC(=O)Nc3ccc(Br)cc3)c(=S)o2)c1. The number of rotatable bonds is 6. The lowest BCUT2D eigenvalue weighted by Gasteiger charge is -2.05. The van der Waals surface area contributed by atoms with Gasteiger partial charge in [0.05, 0.1) is 0 Å². The summed E-state index contributed by atoms with van der Waals surface area (Å²) in [4.78, 5) is 12.3. The molecule has 8 heteroatoms. The predicted octanol–water partition coefficient (Wildman–Crippen LogP) is 4.49. The molecule has 3 aromatic rings. The quantitative estimate of drug-likeness (QED) is 0.579. The summed E-state index contributed by atoms with van der Waals surface area (Å²) in [5.74, 6) is 0.782. The minimum atomic E-state index is -0.247. The fourth-order valence-corrected chi connectivity index (χ4v) is 2.69. The van der Waals surface area contributed by atoms with Crippen LogP contribution < -0.4 is 10.1 Å². The minimum absolute atomic E-state index is 0.0388. The maximum Gasteiger partial charge on any atom is 0.287 e. The topological polar surface area (TPSA) is 69.3 Å². The van der Waals surface area contributed by atoms with Gasteiger partial charge in [0.25, 0.3) is 10.7 Å². The van der Waals surface area contributed by atoms with Crippen LogP contribution in [0.15, 0.2) is 57.4 Å². The smallest absolute Gasteiger partial charge is 0.287 e. The molecule has 134 valence electrons. The number of nitrogens with one attached hydrogen (secondary N) is 1. The Bertz CT molecular complexity index is 966. The van der Waals surface area contributed by atoms with Gasteiger partial charge in [-0.15, -0.1) is 5.10 Å². The average Bonchev–Trinajstić information content (AvgIpc) is 2.95. The Balaban J connectivity index is 1.59. The zero-order chi connectivity index (χ0) is 18.5. The molecule has 0 spiro atoms. The first-order valence-electron chi connectivity index (χ1n) is 7.81. The van der Waals surface area contributed by atoms with Crippen molar-refractivity contribution in [2.45, 2.75) is 20.1 Å². The first kappa shape index (κ1) is 18.3. The average molecular weight is 434 g/mol. The molecule has 0 atom stereocenters. The van der Waals surface area contributed by atoms with Crippen LogP contribution in [0.5, 0.6) is 5.75 Å². The van der Waals surface area contributed by atoms with E-state index in [0.717, 1.165) is 10.0 Å². The summed E-state index contributed by atoms with van der Waals surface area (Å²) < 4.78 is 13.3. The molecule has 1 N–H and O–H groups in total. The summed E-state index contributed by atoms with van der Waals surface area (Å²) in [6, 6.07) is 14.9. The van der Waals surface area contributed by atoms with Gasteiger partial charge in [-0.05, 0) is 61.1 Å². The number of hydrogen-bond donors (Lipinski definition) is 1. The molecule has 0 unspecified atom stereocenters. The Labute approximate surface area is 163 Å². The summed E-state index contributed by atoms with van der Waals surface area (Å²) in [6.07, 6.45) is 0. The van der Waals surface area contributed by atoms with Gasteiger partial charge in [0.2, 0.25) is 5.91 Å². The number of carbonyl (C=O) groups is 1. The van der Waals surface area contributed by atoms with Gasteiger partial charge in [0.15, 0.2) is 6.61 Å². The van der Waals surface area contributed by atoms with E-state index in [9.17, 15) is 4.79 Å². The van der Waals surface area contributed by atoms with Crippen LogP contribution in [0, 0.1) is 11.8 Å². The summed E-state index contributed by atoms with van der Waals surface area (Å²) in [6.45, 7) is 2.08. The van der Waals surface area contributed by atoms with Crippen LogP contribution >= 0.6 is 28.1 Å². The lowest BCUT2D eigenvalue weighted by Crippen LogP contribution is -2.19. The third-order valence-corrected chi connectivity index (χ3v) is 4.24. The third kappa shape index (κ3) is 5.03. The van der Waals surface area contributed by atoms with E-state index in [-0.39, 0.29) is 23.9 Å². The predicted molar refractivity (Wildman–Crippen MR) is 104 cm³/mol. The number of hydrogen-bond acceptors (Lipinski definition) is 5. The molecule has 0 bridgehead atoms. The molecule has 2 aromatic carbocycles. The molecular formula is C18H16BrN3O3S. The van der Waals surface area contributed by atoms with Crippen molar-refractivity contribution in [3.8, 4) is 5.75 Å². The summed E-state index contributed by atoms with van der Waals surface area (Å²) >= 11 is 8.47. The van der Waals surface area contributed by atoms with Gasteiger partial charge in [-0.2, -0.15) is 0 Å². The number of carbonyl (C=O) groups excluding carboxylic acids is 1. The van der Waals surface area contributed by atoms with Crippen LogP contribution in [-0.4, -0.2) is 15.7 Å². The van der Waals surface area contributed by atoms with Gasteiger partial charge in [0.1, 0.15) is 12.3 Å². The van der Waals surface area contributed by atoms with Crippen LogP contribution in [0.1, 0.15) is 11.5 Å². The number of nitrogens with zero attached hydrogens (tertiary/aromatic N) is 2. The largest absolute Gasteiger partial charge is 0.484 e. The second-order valence-electron chi connectivity index (χ2n) is 5.58.